The first-order valence-electron chi connectivity index (χ1n) is 6.41. The predicted octanol–water partition coefficient (Wildman–Crippen LogP) is 2.16. The van der Waals surface area contributed by atoms with Crippen LogP contribution < -0.4 is 5.32 Å². The molecule has 0 aromatic rings. The van der Waals surface area contributed by atoms with Gasteiger partial charge >= 0.3 is 0 Å². The van der Waals surface area contributed by atoms with Crippen molar-refractivity contribution in [3.05, 3.63) is 0 Å². The third-order valence-electron chi connectivity index (χ3n) is 3.82. The molecule has 1 saturated carbocycles. The van der Waals surface area contributed by atoms with E-state index in [-0.39, 0.29) is 0 Å². The summed E-state index contributed by atoms with van der Waals surface area (Å²) in [5.41, 5.74) is 0. The largest absolute Gasteiger partial charge is 0.311 e. The molecule has 1 aliphatic carbocycles. The number of hydrogen-bond donors (Lipinski definition) is 1. The van der Waals surface area contributed by atoms with Crippen molar-refractivity contribution in [2.45, 2.75) is 55.9 Å². The van der Waals surface area contributed by atoms with E-state index in [1.54, 1.807) is 0 Å². The molecule has 2 atom stereocenters. The maximum Gasteiger partial charge on any atom is 0.0249 e. The lowest BCUT2D eigenvalue weighted by molar-refractivity contribution is 0.330. The summed E-state index contributed by atoms with van der Waals surface area (Å²) >= 11 is 2.02. The van der Waals surface area contributed by atoms with E-state index in [2.05, 4.69) is 11.6 Å². The van der Waals surface area contributed by atoms with Gasteiger partial charge < -0.3 is 5.32 Å². The maximum absolute atomic E-state index is 11.3. The Morgan fingerprint density at radius 3 is 2.56 bits per heavy atom. The normalized spacial score (nSPS) is 40.8. The zero-order valence-corrected chi connectivity index (χ0v) is 11.7. The molecule has 4 heteroatoms. The summed E-state index contributed by atoms with van der Waals surface area (Å²) in [6.45, 7) is 0. The van der Waals surface area contributed by atoms with Crippen LogP contribution in [0.15, 0.2) is 0 Å². The molecule has 2 rings (SSSR count). The summed E-state index contributed by atoms with van der Waals surface area (Å²) < 4.78 is 11.3. The molecule has 2 nitrogen and oxygen atoms in total. The summed E-state index contributed by atoms with van der Waals surface area (Å²) in [4.78, 5) is 0. The van der Waals surface area contributed by atoms with Crippen LogP contribution in [-0.4, -0.2) is 39.3 Å². The van der Waals surface area contributed by atoms with Crippen molar-refractivity contribution in [2.75, 3.05) is 17.8 Å². The molecule has 0 aromatic heterocycles. The van der Waals surface area contributed by atoms with Crippen LogP contribution in [0.3, 0.4) is 0 Å². The Morgan fingerprint density at radius 2 is 1.88 bits per heavy atom. The van der Waals surface area contributed by atoms with Gasteiger partial charge in [-0.3, -0.25) is 4.21 Å². The van der Waals surface area contributed by atoms with Crippen LogP contribution in [0, 0.1) is 0 Å². The Morgan fingerprint density at radius 1 is 1.12 bits per heavy atom. The second-order valence-electron chi connectivity index (χ2n) is 5.01. The van der Waals surface area contributed by atoms with Gasteiger partial charge in [-0.1, -0.05) is 6.42 Å². The Kier molecular flexibility index (Phi) is 5.17. The van der Waals surface area contributed by atoms with Crippen molar-refractivity contribution in [1.82, 2.24) is 5.32 Å². The molecule has 1 saturated heterocycles. The highest BCUT2D eigenvalue weighted by Crippen LogP contribution is 2.27. The smallest absolute Gasteiger partial charge is 0.0249 e. The second-order valence-corrected chi connectivity index (χ2v) is 7.84. The number of rotatable bonds is 3. The molecule has 2 unspecified atom stereocenters. The lowest BCUT2D eigenvalue weighted by atomic mass is 9.94. The summed E-state index contributed by atoms with van der Waals surface area (Å²) in [5, 5.41) is 4.66. The van der Waals surface area contributed by atoms with Gasteiger partial charge in [0, 0.05) is 39.6 Å². The first-order valence-corrected chi connectivity index (χ1v) is 9.19. The van der Waals surface area contributed by atoms with Crippen LogP contribution in [0.25, 0.3) is 0 Å². The molecule has 16 heavy (non-hydrogen) atoms. The SMILES string of the molecule is CSC1CCCC(NC2CCS(=O)CC2)C1. The quantitative estimate of drug-likeness (QED) is 0.844. The highest BCUT2D eigenvalue weighted by molar-refractivity contribution is 7.99. The van der Waals surface area contributed by atoms with Gasteiger partial charge in [-0.05, 0) is 38.4 Å². The van der Waals surface area contributed by atoms with E-state index in [4.69, 9.17) is 0 Å². The topological polar surface area (TPSA) is 29.1 Å². The molecule has 2 fully saturated rings. The Labute approximate surface area is 106 Å². The highest BCUT2D eigenvalue weighted by atomic mass is 32.2. The monoisotopic (exact) mass is 261 g/mol. The van der Waals surface area contributed by atoms with Gasteiger partial charge in [0.2, 0.25) is 0 Å². The minimum absolute atomic E-state index is 0.520. The predicted molar refractivity (Wildman–Crippen MR) is 73.6 cm³/mol. The summed E-state index contributed by atoms with van der Waals surface area (Å²) in [5.74, 6) is 1.83. The van der Waals surface area contributed by atoms with Crippen LogP contribution in [0.1, 0.15) is 38.5 Å². The molecule has 0 aromatic carbocycles. The molecule has 0 radical (unpaired) electrons. The van der Waals surface area contributed by atoms with Crippen LogP contribution >= 0.6 is 11.8 Å². The fraction of sp³-hybridized carbons (Fsp3) is 1.00. The van der Waals surface area contributed by atoms with Crippen molar-refractivity contribution < 1.29 is 4.21 Å². The van der Waals surface area contributed by atoms with E-state index < -0.39 is 10.8 Å². The number of hydrogen-bond acceptors (Lipinski definition) is 3. The standard InChI is InChI=1S/C12H23NOS2/c1-15-12-4-2-3-11(9-12)13-10-5-7-16(14)8-6-10/h10-13H,2-9H2,1H3. The molecule has 0 amide bonds. The van der Waals surface area contributed by atoms with Crippen LogP contribution in [0.4, 0.5) is 0 Å². The summed E-state index contributed by atoms with van der Waals surface area (Å²) in [7, 11) is -0.520. The Balaban J connectivity index is 1.74. The molecule has 2 aliphatic rings. The van der Waals surface area contributed by atoms with Crippen molar-refractivity contribution in [1.29, 1.82) is 0 Å². The fourth-order valence-electron chi connectivity index (χ4n) is 2.80. The Hall–Kier alpha value is 0.460. The average molecular weight is 261 g/mol. The molecule has 1 heterocycles. The van der Waals surface area contributed by atoms with Crippen LogP contribution in [0.2, 0.25) is 0 Å². The van der Waals surface area contributed by atoms with E-state index in [1.165, 1.54) is 25.7 Å². The Bertz CT molecular complexity index is 237. The maximum atomic E-state index is 11.3. The van der Waals surface area contributed by atoms with E-state index in [1.807, 2.05) is 11.8 Å². The zero-order chi connectivity index (χ0) is 11.4. The van der Waals surface area contributed by atoms with Crippen molar-refractivity contribution >= 4 is 22.6 Å². The summed E-state index contributed by atoms with van der Waals surface area (Å²) in [6, 6.07) is 1.37. The second kappa shape index (κ2) is 6.41. The van der Waals surface area contributed by atoms with Gasteiger partial charge in [-0.25, -0.2) is 0 Å². The van der Waals surface area contributed by atoms with Gasteiger partial charge in [0.25, 0.3) is 0 Å². The summed E-state index contributed by atoms with van der Waals surface area (Å²) in [6.07, 6.45) is 9.92. The molecule has 0 bridgehead atoms. The highest BCUT2D eigenvalue weighted by Gasteiger charge is 2.25. The van der Waals surface area contributed by atoms with Crippen molar-refractivity contribution in [2.24, 2.45) is 0 Å². The number of nitrogens with one attached hydrogen (secondary N) is 1. The molecule has 0 spiro atoms. The average Bonchev–Trinajstić information content (AvgIpc) is 2.32. The van der Waals surface area contributed by atoms with Gasteiger partial charge in [-0.15, -0.1) is 0 Å². The zero-order valence-electron chi connectivity index (χ0n) is 10.1. The van der Waals surface area contributed by atoms with Gasteiger partial charge in [-0.2, -0.15) is 11.8 Å². The minimum Gasteiger partial charge on any atom is -0.311 e. The first kappa shape index (κ1) is 12.9. The molecular weight excluding hydrogens is 238 g/mol. The molecule has 1 aliphatic heterocycles. The van der Waals surface area contributed by atoms with Crippen LogP contribution in [0.5, 0.6) is 0 Å². The van der Waals surface area contributed by atoms with Crippen molar-refractivity contribution in [3.63, 3.8) is 0 Å². The number of thioether (sulfide) groups is 1. The van der Waals surface area contributed by atoms with Gasteiger partial charge in [0.15, 0.2) is 0 Å². The van der Waals surface area contributed by atoms with E-state index in [9.17, 15) is 4.21 Å². The van der Waals surface area contributed by atoms with Crippen molar-refractivity contribution in [3.8, 4) is 0 Å². The lowest BCUT2D eigenvalue weighted by Crippen LogP contribution is -2.44. The molecule has 94 valence electrons. The first-order chi connectivity index (χ1) is 7.78. The molecule has 1 N–H and O–H groups in total. The minimum atomic E-state index is -0.520. The molecular formula is C12H23NOS2. The third-order valence-corrected chi connectivity index (χ3v) is 6.30. The van der Waals surface area contributed by atoms with Gasteiger partial charge in [0.1, 0.15) is 0 Å². The van der Waals surface area contributed by atoms with Gasteiger partial charge in [0.05, 0.1) is 0 Å². The fourth-order valence-corrected chi connectivity index (χ4v) is 4.93. The van der Waals surface area contributed by atoms with E-state index in [0.717, 1.165) is 35.6 Å². The van der Waals surface area contributed by atoms with E-state index in [0.29, 0.717) is 6.04 Å². The third kappa shape index (κ3) is 3.74. The van der Waals surface area contributed by atoms with E-state index >= 15 is 0 Å². The van der Waals surface area contributed by atoms with Crippen LogP contribution in [-0.2, 0) is 10.8 Å². The lowest BCUT2D eigenvalue weighted by Gasteiger charge is -2.33.